The second kappa shape index (κ2) is 3.46. The number of hydrogen-bond acceptors (Lipinski definition) is 5. The van der Waals surface area contributed by atoms with Crippen LogP contribution in [-0.4, -0.2) is 15.1 Å². The van der Waals surface area contributed by atoms with E-state index in [0.717, 1.165) is 5.56 Å². The van der Waals surface area contributed by atoms with Crippen LogP contribution in [0.2, 0.25) is 0 Å². The zero-order valence-electron chi connectivity index (χ0n) is 8.85. The van der Waals surface area contributed by atoms with Crippen molar-refractivity contribution < 1.29 is 9.52 Å². The maximum absolute atomic E-state index is 11.0. The number of nitrogens with one attached hydrogen (secondary N) is 1. The third-order valence-electron chi connectivity index (χ3n) is 2.44. The molecule has 0 unspecified atom stereocenters. The highest BCUT2D eigenvalue weighted by molar-refractivity contribution is 7.16. The molecule has 0 aliphatic carbocycles. The van der Waals surface area contributed by atoms with Crippen LogP contribution in [0.3, 0.4) is 0 Å². The third-order valence-corrected chi connectivity index (χ3v) is 3.45. The molecule has 0 saturated heterocycles. The van der Waals surface area contributed by atoms with E-state index in [1.54, 1.807) is 19.1 Å². The van der Waals surface area contributed by atoms with Crippen LogP contribution in [0.5, 0.6) is 5.06 Å². The van der Waals surface area contributed by atoms with E-state index in [0.29, 0.717) is 21.8 Å². The van der Waals surface area contributed by atoms with Crippen molar-refractivity contribution in [3.8, 4) is 15.6 Å². The first kappa shape index (κ1) is 10.1. The molecule has 17 heavy (non-hydrogen) atoms. The van der Waals surface area contributed by atoms with Gasteiger partial charge in [0.05, 0.1) is 11.2 Å². The number of hydrogen-bond donors (Lipinski definition) is 2. The molecule has 2 N–H and O–H groups in total. The Morgan fingerprint density at radius 2 is 2.29 bits per heavy atom. The van der Waals surface area contributed by atoms with Gasteiger partial charge in [-0.05, 0) is 25.1 Å². The summed E-state index contributed by atoms with van der Waals surface area (Å²) in [5.74, 6) is -0.477. The summed E-state index contributed by atoms with van der Waals surface area (Å²) in [5, 5.41) is 10.4. The lowest BCUT2D eigenvalue weighted by atomic mass is 10.2. The fourth-order valence-corrected chi connectivity index (χ4v) is 2.39. The van der Waals surface area contributed by atoms with Crippen LogP contribution in [0.4, 0.5) is 0 Å². The molecular weight excluding hydrogens is 240 g/mol. The lowest BCUT2D eigenvalue weighted by Gasteiger charge is -1.94. The van der Waals surface area contributed by atoms with E-state index in [-0.39, 0.29) is 5.06 Å². The van der Waals surface area contributed by atoms with Crippen LogP contribution < -0.4 is 5.76 Å². The maximum Gasteiger partial charge on any atom is 0.417 e. The SMILES string of the molecule is Cc1nc(-c2ccc3[nH]c(=O)oc3c2)sc1O. The summed E-state index contributed by atoms with van der Waals surface area (Å²) in [6, 6.07) is 5.31. The Bertz CT molecular complexity index is 734. The first-order valence-electron chi connectivity index (χ1n) is 4.93. The Morgan fingerprint density at radius 3 is 3.00 bits per heavy atom. The standard InChI is InChI=1S/C11H8N2O3S/c1-5-10(14)17-9(12-5)6-2-3-7-8(4-6)16-11(15)13-7/h2-4,14H,1H3,(H,13,15). The highest BCUT2D eigenvalue weighted by atomic mass is 32.1. The smallest absolute Gasteiger partial charge is 0.417 e. The molecule has 0 spiro atoms. The third kappa shape index (κ3) is 1.62. The van der Waals surface area contributed by atoms with Gasteiger partial charge in [-0.2, -0.15) is 0 Å². The zero-order valence-corrected chi connectivity index (χ0v) is 9.67. The van der Waals surface area contributed by atoms with Crippen LogP contribution in [0.25, 0.3) is 21.7 Å². The van der Waals surface area contributed by atoms with E-state index in [1.807, 2.05) is 6.07 Å². The van der Waals surface area contributed by atoms with Crippen molar-refractivity contribution in [1.82, 2.24) is 9.97 Å². The van der Waals surface area contributed by atoms with Crippen molar-refractivity contribution in [2.45, 2.75) is 6.92 Å². The molecule has 0 saturated carbocycles. The van der Waals surface area contributed by atoms with Gasteiger partial charge in [0.15, 0.2) is 10.6 Å². The number of rotatable bonds is 1. The van der Waals surface area contributed by atoms with E-state index in [9.17, 15) is 9.90 Å². The van der Waals surface area contributed by atoms with Gasteiger partial charge in [-0.25, -0.2) is 9.78 Å². The van der Waals surface area contributed by atoms with Crippen molar-refractivity contribution in [2.24, 2.45) is 0 Å². The Balaban J connectivity index is 2.20. The number of aromatic hydroxyl groups is 1. The molecule has 0 atom stereocenters. The summed E-state index contributed by atoms with van der Waals surface area (Å²) >= 11 is 1.20. The first-order valence-corrected chi connectivity index (χ1v) is 5.75. The molecule has 3 rings (SSSR count). The van der Waals surface area contributed by atoms with E-state index < -0.39 is 5.76 Å². The van der Waals surface area contributed by atoms with Gasteiger partial charge >= 0.3 is 5.76 Å². The van der Waals surface area contributed by atoms with E-state index in [4.69, 9.17) is 4.42 Å². The average Bonchev–Trinajstić information content (AvgIpc) is 2.80. The minimum absolute atomic E-state index is 0.204. The molecule has 0 bridgehead atoms. The molecule has 0 fully saturated rings. The van der Waals surface area contributed by atoms with E-state index in [1.165, 1.54) is 11.3 Å². The number of thiazole rings is 1. The molecule has 0 amide bonds. The fraction of sp³-hybridized carbons (Fsp3) is 0.0909. The van der Waals surface area contributed by atoms with Crippen molar-refractivity contribution in [2.75, 3.05) is 0 Å². The minimum atomic E-state index is -0.477. The quantitative estimate of drug-likeness (QED) is 0.692. The fourth-order valence-electron chi connectivity index (χ4n) is 1.59. The van der Waals surface area contributed by atoms with Crippen molar-refractivity contribution in [1.29, 1.82) is 0 Å². The molecule has 2 heterocycles. The van der Waals surface area contributed by atoms with Crippen LogP contribution in [0, 0.1) is 6.92 Å². The summed E-state index contributed by atoms with van der Waals surface area (Å²) in [5.41, 5.74) is 2.55. The van der Waals surface area contributed by atoms with Crippen LogP contribution in [0.1, 0.15) is 5.69 Å². The van der Waals surface area contributed by atoms with Gasteiger partial charge in [0.25, 0.3) is 0 Å². The van der Waals surface area contributed by atoms with Crippen LogP contribution >= 0.6 is 11.3 Å². The summed E-state index contributed by atoms with van der Waals surface area (Å²) in [6.07, 6.45) is 0. The van der Waals surface area contributed by atoms with Crippen molar-refractivity contribution in [3.05, 3.63) is 34.4 Å². The highest BCUT2D eigenvalue weighted by Crippen LogP contribution is 2.33. The maximum atomic E-state index is 11.0. The predicted molar refractivity (Wildman–Crippen MR) is 64.3 cm³/mol. The Labute approximate surface area is 99.4 Å². The number of H-pyrrole nitrogens is 1. The molecule has 6 heteroatoms. The molecule has 5 nitrogen and oxygen atoms in total. The predicted octanol–water partition coefficient (Wildman–Crippen LogP) is 2.26. The highest BCUT2D eigenvalue weighted by Gasteiger charge is 2.10. The van der Waals surface area contributed by atoms with Gasteiger partial charge in [0.1, 0.15) is 5.01 Å². The topological polar surface area (TPSA) is 79.1 Å². The normalized spacial score (nSPS) is 11.1. The van der Waals surface area contributed by atoms with Gasteiger partial charge in [-0.3, -0.25) is 4.98 Å². The van der Waals surface area contributed by atoms with Gasteiger partial charge < -0.3 is 9.52 Å². The molecule has 3 aromatic rings. The van der Waals surface area contributed by atoms with Crippen LogP contribution in [-0.2, 0) is 0 Å². The lowest BCUT2D eigenvalue weighted by Crippen LogP contribution is -1.92. The molecule has 0 aliphatic rings. The molecule has 0 radical (unpaired) electrons. The summed E-state index contributed by atoms with van der Waals surface area (Å²) < 4.78 is 4.97. The van der Waals surface area contributed by atoms with Gasteiger partial charge in [-0.1, -0.05) is 11.3 Å². The summed E-state index contributed by atoms with van der Waals surface area (Å²) in [7, 11) is 0. The van der Waals surface area contributed by atoms with E-state index in [2.05, 4.69) is 9.97 Å². The number of benzene rings is 1. The Morgan fingerprint density at radius 1 is 1.47 bits per heavy atom. The Hall–Kier alpha value is -2.08. The summed E-state index contributed by atoms with van der Waals surface area (Å²) in [6.45, 7) is 1.74. The monoisotopic (exact) mass is 248 g/mol. The second-order valence-electron chi connectivity index (χ2n) is 3.64. The number of fused-ring (bicyclic) bond motifs is 1. The van der Waals surface area contributed by atoms with Gasteiger partial charge in [0, 0.05) is 5.56 Å². The molecule has 0 aliphatic heterocycles. The number of aryl methyl sites for hydroxylation is 1. The zero-order chi connectivity index (χ0) is 12.0. The second-order valence-corrected chi connectivity index (χ2v) is 4.61. The molecule has 2 aromatic heterocycles. The van der Waals surface area contributed by atoms with Crippen molar-refractivity contribution in [3.63, 3.8) is 0 Å². The Kier molecular flexibility index (Phi) is 2.05. The first-order chi connectivity index (χ1) is 8.13. The minimum Gasteiger partial charge on any atom is -0.498 e. The average molecular weight is 248 g/mol. The number of nitrogens with zero attached hydrogens (tertiary/aromatic N) is 1. The number of oxazole rings is 1. The molecule has 1 aromatic carbocycles. The molecular formula is C11H8N2O3S. The lowest BCUT2D eigenvalue weighted by molar-refractivity contribution is 0.485. The number of aromatic nitrogens is 2. The van der Waals surface area contributed by atoms with Gasteiger partial charge in [-0.15, -0.1) is 0 Å². The van der Waals surface area contributed by atoms with Crippen LogP contribution in [0.15, 0.2) is 27.4 Å². The summed E-state index contributed by atoms with van der Waals surface area (Å²) in [4.78, 5) is 17.8. The van der Waals surface area contributed by atoms with Gasteiger partial charge in [0.2, 0.25) is 0 Å². The number of aromatic amines is 1. The molecule has 86 valence electrons. The largest absolute Gasteiger partial charge is 0.498 e. The van der Waals surface area contributed by atoms with E-state index >= 15 is 0 Å². The van der Waals surface area contributed by atoms with Crippen molar-refractivity contribution >= 4 is 22.4 Å².